The first kappa shape index (κ1) is 47.4. The van der Waals surface area contributed by atoms with Crippen LogP contribution in [0.15, 0.2) is 103 Å². The number of nitrogens with zero attached hydrogens (tertiary/aromatic N) is 3. The Balaban J connectivity index is 1.25. The largest absolute Gasteiger partial charge is 0.344 e. The van der Waals surface area contributed by atoms with Crippen molar-refractivity contribution >= 4 is 62.0 Å². The molecule has 1 saturated heterocycles. The van der Waals surface area contributed by atoms with Crippen molar-refractivity contribution in [2.45, 2.75) is 144 Å². The molecule has 3 aliphatic rings. The number of hydroxylamine groups is 2. The van der Waals surface area contributed by atoms with Gasteiger partial charge in [0.25, 0.3) is 11.8 Å². The zero-order chi connectivity index (χ0) is 47.8. The van der Waals surface area contributed by atoms with Gasteiger partial charge < -0.3 is 9.74 Å². The molecule has 7 nitrogen and oxygen atoms in total. The molecule has 0 unspecified atom stereocenters. The van der Waals surface area contributed by atoms with Crippen molar-refractivity contribution in [2.24, 2.45) is 0 Å². The number of hydrogen-bond acceptors (Lipinski definition) is 5. The predicted octanol–water partition coefficient (Wildman–Crippen LogP) is 13.8. The summed E-state index contributed by atoms with van der Waals surface area (Å²) in [6.07, 6.45) is 16.8. The monoisotopic (exact) mass is 897 g/mol. The fourth-order valence-electron chi connectivity index (χ4n) is 11.2. The lowest BCUT2D eigenvalue weighted by molar-refractivity contribution is -0.438. The maximum absolute atomic E-state index is 13.0. The molecule has 3 heterocycles. The lowest BCUT2D eigenvalue weighted by atomic mass is 9.78. The topological polar surface area (TPSA) is 69.9 Å². The van der Waals surface area contributed by atoms with Gasteiger partial charge in [-0.3, -0.25) is 9.59 Å². The van der Waals surface area contributed by atoms with Crippen molar-refractivity contribution in [1.29, 1.82) is 0 Å². The molecule has 0 bridgehead atoms. The van der Waals surface area contributed by atoms with Crippen LogP contribution in [0.3, 0.4) is 0 Å². The van der Waals surface area contributed by atoms with E-state index in [0.29, 0.717) is 11.5 Å². The van der Waals surface area contributed by atoms with E-state index in [1.165, 1.54) is 90.6 Å². The average Bonchev–Trinajstić information content (AvgIpc) is 3.80. The summed E-state index contributed by atoms with van der Waals surface area (Å²) in [4.78, 5) is 45.1. The average molecular weight is 897 g/mol. The zero-order valence-corrected chi connectivity index (χ0v) is 41.7. The molecular formula is C60H70N3O4+. The molecule has 5 aromatic carbocycles. The summed E-state index contributed by atoms with van der Waals surface area (Å²) in [7, 11) is 0. The smallest absolute Gasteiger partial charge is 0.333 e. The Hall–Kier alpha value is -6.08. The van der Waals surface area contributed by atoms with Crippen LogP contribution in [0.1, 0.15) is 144 Å². The maximum Gasteiger partial charge on any atom is 0.333 e. The summed E-state index contributed by atoms with van der Waals surface area (Å²) in [5, 5.41) is 5.92. The van der Waals surface area contributed by atoms with Crippen LogP contribution in [0, 0.1) is 27.7 Å². The second-order valence-corrected chi connectivity index (χ2v) is 20.4. The first-order valence-electron chi connectivity index (χ1n) is 24.8. The van der Waals surface area contributed by atoms with E-state index in [4.69, 9.17) is 4.84 Å². The minimum Gasteiger partial charge on any atom is -0.344 e. The Morgan fingerprint density at radius 1 is 0.731 bits per heavy atom. The zero-order valence-electron chi connectivity index (χ0n) is 41.7. The van der Waals surface area contributed by atoms with Gasteiger partial charge in [0.05, 0.1) is 11.8 Å². The molecular weight excluding hydrogens is 827 g/mol. The number of allylic oxidation sites excluding steroid dienone is 6. The van der Waals surface area contributed by atoms with Gasteiger partial charge in [0, 0.05) is 60.3 Å². The summed E-state index contributed by atoms with van der Waals surface area (Å²) in [5.41, 5.74) is 15.6. The number of hydrogen-bond donors (Lipinski definition) is 0. The molecule has 8 rings (SSSR count). The van der Waals surface area contributed by atoms with Gasteiger partial charge in [-0.15, -0.1) is 5.06 Å². The molecule has 1 fully saturated rings. The number of imide groups is 1. The number of carbonyl (C=O) groups excluding carboxylic acids is 3. The number of benzene rings is 5. The number of rotatable bonds is 16. The molecule has 0 aromatic heterocycles. The molecule has 3 aliphatic heterocycles. The van der Waals surface area contributed by atoms with Crippen molar-refractivity contribution in [3.63, 3.8) is 0 Å². The Morgan fingerprint density at radius 3 is 2.04 bits per heavy atom. The predicted molar refractivity (Wildman–Crippen MR) is 276 cm³/mol. The van der Waals surface area contributed by atoms with Gasteiger partial charge in [-0.25, -0.2) is 4.79 Å². The van der Waals surface area contributed by atoms with E-state index in [2.05, 4.69) is 170 Å². The van der Waals surface area contributed by atoms with E-state index in [1.54, 1.807) is 0 Å². The second-order valence-electron chi connectivity index (χ2n) is 20.4. The highest BCUT2D eigenvalue weighted by Gasteiger charge is 2.46. The number of aryl methyl sites for hydroxylation is 5. The van der Waals surface area contributed by atoms with Crippen molar-refractivity contribution in [3.8, 4) is 0 Å². The van der Waals surface area contributed by atoms with E-state index in [-0.39, 0.29) is 30.1 Å². The third kappa shape index (κ3) is 9.19. The second kappa shape index (κ2) is 19.3. The Morgan fingerprint density at radius 2 is 1.37 bits per heavy atom. The van der Waals surface area contributed by atoms with E-state index >= 15 is 0 Å². The summed E-state index contributed by atoms with van der Waals surface area (Å²) in [5.74, 6) is -1.54. The molecule has 0 aliphatic carbocycles. The molecule has 0 atom stereocenters. The molecule has 2 amide bonds. The summed E-state index contributed by atoms with van der Waals surface area (Å²) in [6.45, 7) is 24.8. The lowest BCUT2D eigenvalue weighted by Gasteiger charge is -2.27. The first-order chi connectivity index (χ1) is 32.0. The fourth-order valence-corrected chi connectivity index (χ4v) is 11.2. The van der Waals surface area contributed by atoms with Crippen LogP contribution < -0.4 is 4.90 Å². The summed E-state index contributed by atoms with van der Waals surface area (Å²) < 4.78 is 2.58. The van der Waals surface area contributed by atoms with Crippen LogP contribution in [-0.4, -0.2) is 46.2 Å². The number of carbonyl (C=O) groups is 3. The van der Waals surface area contributed by atoms with Crippen molar-refractivity contribution in [1.82, 2.24) is 5.06 Å². The molecule has 0 N–H and O–H groups in total. The van der Waals surface area contributed by atoms with Crippen LogP contribution in [0.2, 0.25) is 0 Å². The van der Waals surface area contributed by atoms with Crippen LogP contribution in [-0.2, 0) is 36.5 Å². The van der Waals surface area contributed by atoms with Gasteiger partial charge in [0.15, 0.2) is 5.71 Å². The number of unbranched alkanes of at least 4 members (excludes halogenated alkanes) is 4. The third-order valence-corrected chi connectivity index (χ3v) is 14.5. The molecule has 67 heavy (non-hydrogen) atoms. The van der Waals surface area contributed by atoms with Gasteiger partial charge in [-0.05, 0) is 140 Å². The number of anilines is 1. The molecule has 0 spiro atoms. The van der Waals surface area contributed by atoms with E-state index < -0.39 is 17.8 Å². The quantitative estimate of drug-likeness (QED) is 0.0427. The Bertz CT molecular complexity index is 2910. The highest BCUT2D eigenvalue weighted by molar-refractivity contribution is 6.09. The van der Waals surface area contributed by atoms with Crippen LogP contribution in [0.4, 0.5) is 11.4 Å². The molecule has 348 valence electrons. The van der Waals surface area contributed by atoms with Crippen LogP contribution in [0.25, 0.3) is 27.1 Å². The van der Waals surface area contributed by atoms with E-state index in [1.807, 2.05) is 6.07 Å². The minimum absolute atomic E-state index is 0.0372. The Kier molecular flexibility index (Phi) is 13.6. The number of amides is 2. The molecule has 0 radical (unpaired) electrons. The molecule has 7 heteroatoms. The lowest BCUT2D eigenvalue weighted by Crippen LogP contribution is -2.32. The molecule has 5 aromatic rings. The van der Waals surface area contributed by atoms with Gasteiger partial charge in [-0.2, -0.15) is 4.58 Å². The van der Waals surface area contributed by atoms with Gasteiger partial charge in [-0.1, -0.05) is 119 Å². The third-order valence-electron chi connectivity index (χ3n) is 14.5. The number of fused-ring (bicyclic) bond motifs is 6. The van der Waals surface area contributed by atoms with Gasteiger partial charge >= 0.3 is 5.97 Å². The normalized spacial score (nSPS) is 17.3. The summed E-state index contributed by atoms with van der Waals surface area (Å²) in [6, 6.07) is 27.1. The maximum atomic E-state index is 13.0. The van der Waals surface area contributed by atoms with Gasteiger partial charge in [0.2, 0.25) is 5.69 Å². The van der Waals surface area contributed by atoms with Crippen LogP contribution >= 0.6 is 0 Å². The standard InChI is InChI=1S/C60H70N3O4/c1-11-13-15-32-61-50-25-23-46-41(5)34-39(3)36-48(46)57(50)59(7,8)52(61)27-21-44(45-19-17-18-43(38-45)20-31-56(66)67-63-54(64)29-30-55(63)65)22-28-53-60(9,10)58-49-37-40(4)35-42(6)47(49)24-26-51(58)62(53)33-16-14-12-2/h17-19,21-28,34-38H,11-16,20,29-33H2,1-10H3/q+1. The van der Waals surface area contributed by atoms with E-state index in [0.717, 1.165) is 55.5 Å². The first-order valence-corrected chi connectivity index (χ1v) is 24.8. The van der Waals surface area contributed by atoms with Crippen molar-refractivity contribution < 1.29 is 23.8 Å². The Labute approximate surface area is 398 Å². The van der Waals surface area contributed by atoms with E-state index in [9.17, 15) is 14.4 Å². The van der Waals surface area contributed by atoms with Crippen molar-refractivity contribution in [2.75, 3.05) is 18.0 Å². The fraction of sp³-hybridized carbons (Fsp3) is 0.400. The van der Waals surface area contributed by atoms with Crippen LogP contribution in [0.5, 0.6) is 0 Å². The highest BCUT2D eigenvalue weighted by Crippen LogP contribution is 2.52. The SMILES string of the molecule is CCCCCN1C(=CC=C(C=CC2=[N+](CCCCC)c3ccc4c(C)cc(C)cc4c3C2(C)C)c2cccc(CCC(=O)ON3C(=O)CCC3=O)c2)C(C)(C)c2c1ccc1c(C)cc(C)cc21. The summed E-state index contributed by atoms with van der Waals surface area (Å²) >= 11 is 0. The minimum atomic E-state index is -0.598. The van der Waals surface area contributed by atoms with Gasteiger partial charge in [0.1, 0.15) is 6.54 Å². The molecule has 0 saturated carbocycles. The van der Waals surface area contributed by atoms with Crippen molar-refractivity contribution in [3.05, 3.63) is 147 Å². The highest BCUT2D eigenvalue weighted by atomic mass is 16.7.